The maximum atomic E-state index is 12.4. The van der Waals surface area contributed by atoms with Crippen molar-refractivity contribution in [3.63, 3.8) is 0 Å². The number of amides is 2. The van der Waals surface area contributed by atoms with Crippen LogP contribution in [0.1, 0.15) is 35.7 Å². The lowest BCUT2D eigenvalue weighted by Gasteiger charge is -2.15. The molecule has 1 aliphatic heterocycles. The molecule has 0 spiro atoms. The van der Waals surface area contributed by atoms with Gasteiger partial charge in [0.15, 0.2) is 0 Å². The van der Waals surface area contributed by atoms with Crippen LogP contribution in [0.2, 0.25) is 0 Å². The Hall–Kier alpha value is -2.47. The summed E-state index contributed by atoms with van der Waals surface area (Å²) in [6, 6.07) is 15.0. The van der Waals surface area contributed by atoms with Crippen LogP contribution < -0.4 is 10.1 Å². The molecule has 1 N–H and O–H groups in total. The number of nitrogens with zero attached hydrogens (tertiary/aromatic N) is 1. The third kappa shape index (κ3) is 5.29. The summed E-state index contributed by atoms with van der Waals surface area (Å²) >= 11 is 1.57. The number of hydrogen-bond acceptors (Lipinski definition) is 4. The van der Waals surface area contributed by atoms with Gasteiger partial charge < -0.3 is 15.0 Å². The molecule has 148 valence electrons. The monoisotopic (exact) mass is 398 g/mol. The molecule has 1 heterocycles. The zero-order valence-corrected chi connectivity index (χ0v) is 17.1. The highest BCUT2D eigenvalue weighted by atomic mass is 32.2. The van der Waals surface area contributed by atoms with Crippen LogP contribution in [0.25, 0.3) is 0 Å². The summed E-state index contributed by atoms with van der Waals surface area (Å²) in [6.07, 6.45) is 2.19. The second-order valence-corrected chi connectivity index (χ2v) is 8.20. The molecule has 28 heavy (non-hydrogen) atoms. The molecule has 1 saturated heterocycles. The number of hydrogen-bond donors (Lipinski definition) is 1. The van der Waals surface area contributed by atoms with Gasteiger partial charge in [-0.15, -0.1) is 11.8 Å². The lowest BCUT2D eigenvalue weighted by atomic mass is 10.1. The Morgan fingerprint density at radius 3 is 2.32 bits per heavy atom. The fourth-order valence-electron chi connectivity index (χ4n) is 3.06. The normalized spacial score (nSPS) is 14.6. The molecule has 1 atom stereocenters. The number of likely N-dealkylation sites (tertiary alicyclic amines) is 1. The topological polar surface area (TPSA) is 58.6 Å². The van der Waals surface area contributed by atoms with Crippen LogP contribution in [-0.4, -0.2) is 42.2 Å². The first-order chi connectivity index (χ1) is 13.6. The van der Waals surface area contributed by atoms with Crippen molar-refractivity contribution in [1.82, 2.24) is 4.90 Å². The van der Waals surface area contributed by atoms with Gasteiger partial charge in [-0.25, -0.2) is 0 Å². The van der Waals surface area contributed by atoms with E-state index in [4.69, 9.17) is 4.74 Å². The fourth-order valence-corrected chi connectivity index (χ4v) is 3.91. The van der Waals surface area contributed by atoms with Gasteiger partial charge in [-0.05, 0) is 61.7 Å². The van der Waals surface area contributed by atoms with Crippen molar-refractivity contribution in [2.75, 3.05) is 25.5 Å². The molecule has 0 aliphatic carbocycles. The van der Waals surface area contributed by atoms with Gasteiger partial charge in [0.05, 0.1) is 12.4 Å². The minimum absolute atomic E-state index is 0.0315. The Morgan fingerprint density at radius 2 is 1.71 bits per heavy atom. The van der Waals surface area contributed by atoms with E-state index in [1.54, 1.807) is 18.9 Å². The summed E-state index contributed by atoms with van der Waals surface area (Å²) in [5, 5.41) is 2.73. The molecule has 2 aromatic rings. The van der Waals surface area contributed by atoms with E-state index in [1.807, 2.05) is 60.4 Å². The molecule has 1 aliphatic rings. The standard InChI is InChI=1S/C22H26N2O3S/c1-16(21(25)23-19-9-11-20(27-2)12-10-19)28-15-17-5-7-18(8-6-17)22(26)24-13-3-4-14-24/h5-12,16H,3-4,13-15H2,1-2H3,(H,23,25)/t16-/m0/s1. The summed E-state index contributed by atoms with van der Waals surface area (Å²) in [7, 11) is 1.61. The summed E-state index contributed by atoms with van der Waals surface area (Å²) in [6.45, 7) is 3.61. The molecule has 0 radical (unpaired) electrons. The molecule has 0 bridgehead atoms. The van der Waals surface area contributed by atoms with Crippen molar-refractivity contribution >= 4 is 29.3 Å². The van der Waals surface area contributed by atoms with Crippen molar-refractivity contribution in [3.05, 3.63) is 59.7 Å². The molecule has 0 saturated carbocycles. The number of anilines is 1. The lowest BCUT2D eigenvalue weighted by molar-refractivity contribution is -0.115. The van der Waals surface area contributed by atoms with E-state index >= 15 is 0 Å². The number of nitrogens with one attached hydrogen (secondary N) is 1. The van der Waals surface area contributed by atoms with Crippen LogP contribution in [0.4, 0.5) is 5.69 Å². The van der Waals surface area contributed by atoms with Gasteiger partial charge in [-0.1, -0.05) is 12.1 Å². The number of rotatable bonds is 7. The molecule has 0 unspecified atom stereocenters. The maximum Gasteiger partial charge on any atom is 0.253 e. The van der Waals surface area contributed by atoms with Crippen LogP contribution >= 0.6 is 11.8 Å². The first kappa shape index (κ1) is 20.3. The molecule has 3 rings (SSSR count). The first-order valence-electron chi connectivity index (χ1n) is 9.51. The molecule has 0 aromatic heterocycles. The van der Waals surface area contributed by atoms with Gasteiger partial charge in [0.25, 0.3) is 5.91 Å². The van der Waals surface area contributed by atoms with Crippen molar-refractivity contribution in [3.8, 4) is 5.75 Å². The smallest absolute Gasteiger partial charge is 0.253 e. The van der Waals surface area contributed by atoms with E-state index in [2.05, 4.69) is 5.32 Å². The van der Waals surface area contributed by atoms with Gasteiger partial charge in [-0.2, -0.15) is 0 Å². The molecule has 1 fully saturated rings. The zero-order valence-electron chi connectivity index (χ0n) is 16.3. The van der Waals surface area contributed by atoms with Gasteiger partial charge >= 0.3 is 0 Å². The Labute approximate surface area is 170 Å². The third-order valence-electron chi connectivity index (χ3n) is 4.82. The average Bonchev–Trinajstić information content (AvgIpc) is 3.27. The van der Waals surface area contributed by atoms with E-state index < -0.39 is 0 Å². The molecule has 5 nitrogen and oxygen atoms in total. The van der Waals surface area contributed by atoms with Crippen molar-refractivity contribution < 1.29 is 14.3 Å². The van der Waals surface area contributed by atoms with Crippen molar-refractivity contribution in [2.45, 2.75) is 30.8 Å². The van der Waals surface area contributed by atoms with Crippen LogP contribution in [0.3, 0.4) is 0 Å². The second kappa shape index (κ2) is 9.64. The van der Waals surface area contributed by atoms with Crippen LogP contribution in [-0.2, 0) is 10.5 Å². The molecule has 2 aromatic carbocycles. The summed E-state index contributed by atoms with van der Waals surface area (Å²) < 4.78 is 5.12. The zero-order chi connectivity index (χ0) is 19.9. The van der Waals surface area contributed by atoms with E-state index in [0.717, 1.165) is 54.2 Å². The highest BCUT2D eigenvalue weighted by Gasteiger charge is 2.19. The minimum atomic E-state index is -0.187. The van der Waals surface area contributed by atoms with Crippen molar-refractivity contribution in [2.24, 2.45) is 0 Å². The van der Waals surface area contributed by atoms with E-state index in [-0.39, 0.29) is 17.1 Å². The molecule has 2 amide bonds. The third-order valence-corrected chi connectivity index (χ3v) is 6.04. The Morgan fingerprint density at radius 1 is 1.07 bits per heavy atom. The summed E-state index contributed by atoms with van der Waals surface area (Å²) in [5.41, 5.74) is 2.59. The summed E-state index contributed by atoms with van der Waals surface area (Å²) in [5.74, 6) is 1.56. The Bertz CT molecular complexity index is 800. The molecule has 6 heteroatoms. The van der Waals surface area contributed by atoms with Crippen LogP contribution in [0.15, 0.2) is 48.5 Å². The predicted molar refractivity (Wildman–Crippen MR) is 114 cm³/mol. The highest BCUT2D eigenvalue weighted by Crippen LogP contribution is 2.21. The first-order valence-corrected chi connectivity index (χ1v) is 10.6. The minimum Gasteiger partial charge on any atom is -0.497 e. The Kier molecular flexibility index (Phi) is 6.98. The quantitative estimate of drug-likeness (QED) is 0.760. The van der Waals surface area contributed by atoms with Gasteiger partial charge in [-0.3, -0.25) is 9.59 Å². The number of carbonyl (C=O) groups excluding carboxylic acids is 2. The second-order valence-electron chi connectivity index (χ2n) is 6.87. The van der Waals surface area contributed by atoms with E-state index in [0.29, 0.717) is 0 Å². The number of ether oxygens (including phenoxy) is 1. The average molecular weight is 399 g/mol. The van der Waals surface area contributed by atoms with Gasteiger partial charge in [0.1, 0.15) is 5.75 Å². The number of benzene rings is 2. The lowest BCUT2D eigenvalue weighted by Crippen LogP contribution is -2.27. The van der Waals surface area contributed by atoms with E-state index in [1.165, 1.54) is 0 Å². The van der Waals surface area contributed by atoms with E-state index in [9.17, 15) is 9.59 Å². The fraction of sp³-hybridized carbons (Fsp3) is 0.364. The largest absolute Gasteiger partial charge is 0.497 e. The SMILES string of the molecule is COc1ccc(NC(=O)[C@H](C)SCc2ccc(C(=O)N3CCCC3)cc2)cc1. The highest BCUT2D eigenvalue weighted by molar-refractivity contribution is 7.99. The van der Waals surface area contributed by atoms with Crippen LogP contribution in [0.5, 0.6) is 5.75 Å². The van der Waals surface area contributed by atoms with Gasteiger partial charge in [0.2, 0.25) is 5.91 Å². The number of thioether (sulfide) groups is 1. The van der Waals surface area contributed by atoms with Gasteiger partial charge in [0, 0.05) is 30.1 Å². The Balaban J connectivity index is 1.48. The number of methoxy groups -OCH3 is 1. The molecular weight excluding hydrogens is 372 g/mol. The maximum absolute atomic E-state index is 12.4. The molecular formula is C22H26N2O3S. The van der Waals surface area contributed by atoms with Crippen molar-refractivity contribution in [1.29, 1.82) is 0 Å². The predicted octanol–water partition coefficient (Wildman–Crippen LogP) is 4.19. The number of carbonyl (C=O) groups is 2. The van der Waals surface area contributed by atoms with Crippen LogP contribution in [0, 0.1) is 0 Å². The summed E-state index contributed by atoms with van der Waals surface area (Å²) in [4.78, 5) is 26.7.